The van der Waals surface area contributed by atoms with E-state index in [1.165, 1.54) is 0 Å². The first-order chi connectivity index (χ1) is 3.72. The number of rotatable bonds is 0. The lowest BCUT2D eigenvalue weighted by Crippen LogP contribution is -2.36. The third kappa shape index (κ3) is 0.844. The highest BCUT2D eigenvalue weighted by molar-refractivity contribution is 4.79. The van der Waals surface area contributed by atoms with E-state index in [2.05, 4.69) is 0 Å². The van der Waals surface area contributed by atoms with Crippen molar-refractivity contribution in [3.8, 4) is 0 Å². The second kappa shape index (κ2) is 2.01. The molecule has 1 rings (SSSR count). The maximum atomic E-state index is 9.07. The largest absolute Gasteiger partial charge is 0.377 e. The first-order valence-corrected chi connectivity index (χ1v) is 2.85. The van der Waals surface area contributed by atoms with Crippen LogP contribution in [0.1, 0.15) is 6.42 Å². The average molecular weight is 116 g/mol. The monoisotopic (exact) mass is 116 g/mol. The second-order valence-electron chi connectivity index (χ2n) is 2.35. The molecule has 1 aliphatic heterocycles. The lowest BCUT2D eigenvalue weighted by molar-refractivity contribution is 0.0460. The number of hydrogen-bond donors (Lipinski definition) is 2. The Morgan fingerprint density at radius 2 is 2.38 bits per heavy atom. The molecule has 8 heavy (non-hydrogen) atoms. The molecule has 1 aliphatic rings. The molecule has 3 nitrogen and oxygen atoms in total. The van der Waals surface area contributed by atoms with E-state index >= 15 is 0 Å². The van der Waals surface area contributed by atoms with Gasteiger partial charge >= 0.3 is 0 Å². The molecule has 48 valence electrons. The smallest absolute Gasteiger partial charge is 0.122 e. The molecule has 0 aromatic rings. The van der Waals surface area contributed by atoms with Gasteiger partial charge in [0.15, 0.2) is 0 Å². The molecular weight excluding hydrogens is 104 g/mol. The minimum atomic E-state index is -0.407. The van der Waals surface area contributed by atoms with Gasteiger partial charge in [-0.25, -0.2) is 0 Å². The van der Waals surface area contributed by atoms with Crippen molar-refractivity contribution in [1.29, 1.82) is 0 Å². The molecule has 0 spiro atoms. The summed E-state index contributed by atoms with van der Waals surface area (Å²) < 4.78 is 0. The molecule has 1 saturated heterocycles. The average Bonchev–Trinajstić information content (AvgIpc) is 1.98. The standard InChI is InChI=1S/C5H12N2O/c1-7-3-2-4(6)5(7)8/h4-5,8H,2-3,6H2,1H3. The van der Waals surface area contributed by atoms with Crippen molar-refractivity contribution >= 4 is 0 Å². The van der Waals surface area contributed by atoms with Crippen LogP contribution in [-0.4, -0.2) is 35.9 Å². The van der Waals surface area contributed by atoms with Gasteiger partial charge in [0.25, 0.3) is 0 Å². The normalized spacial score (nSPS) is 40.9. The lowest BCUT2D eigenvalue weighted by Gasteiger charge is -2.14. The Hall–Kier alpha value is -0.120. The summed E-state index contributed by atoms with van der Waals surface area (Å²) in [7, 11) is 1.87. The van der Waals surface area contributed by atoms with Crippen molar-refractivity contribution in [2.75, 3.05) is 13.6 Å². The summed E-state index contributed by atoms with van der Waals surface area (Å²) in [6.45, 7) is 0.919. The Labute approximate surface area is 49.1 Å². The molecule has 0 amide bonds. The second-order valence-corrected chi connectivity index (χ2v) is 2.35. The molecule has 3 heteroatoms. The molecule has 1 heterocycles. The summed E-state index contributed by atoms with van der Waals surface area (Å²) in [6, 6.07) is -0.0278. The molecule has 2 atom stereocenters. The zero-order chi connectivity index (χ0) is 6.15. The summed E-state index contributed by atoms with van der Waals surface area (Å²) in [5.41, 5.74) is 5.48. The molecule has 1 fully saturated rings. The van der Waals surface area contributed by atoms with Crippen LogP contribution in [0.4, 0.5) is 0 Å². The number of nitrogens with zero attached hydrogens (tertiary/aromatic N) is 1. The highest BCUT2D eigenvalue weighted by Crippen LogP contribution is 2.09. The van der Waals surface area contributed by atoms with Gasteiger partial charge in [0.05, 0.1) is 0 Å². The van der Waals surface area contributed by atoms with Crippen molar-refractivity contribution in [3.63, 3.8) is 0 Å². The van der Waals surface area contributed by atoms with E-state index in [1.807, 2.05) is 11.9 Å². The van der Waals surface area contributed by atoms with Gasteiger partial charge in [0.2, 0.25) is 0 Å². The van der Waals surface area contributed by atoms with Crippen LogP contribution in [0.5, 0.6) is 0 Å². The highest BCUT2D eigenvalue weighted by Gasteiger charge is 2.25. The number of aliphatic hydroxyl groups is 1. The topological polar surface area (TPSA) is 49.5 Å². The fourth-order valence-corrected chi connectivity index (χ4v) is 0.961. The molecule has 3 N–H and O–H groups in total. The number of aliphatic hydroxyl groups excluding tert-OH is 1. The number of hydrogen-bond acceptors (Lipinski definition) is 3. The summed E-state index contributed by atoms with van der Waals surface area (Å²) >= 11 is 0. The molecule has 0 saturated carbocycles. The third-order valence-corrected chi connectivity index (χ3v) is 1.65. The minimum Gasteiger partial charge on any atom is -0.377 e. The molecule has 0 aliphatic carbocycles. The Morgan fingerprint density at radius 1 is 1.75 bits per heavy atom. The Kier molecular flexibility index (Phi) is 1.51. The van der Waals surface area contributed by atoms with Gasteiger partial charge in [-0.3, -0.25) is 4.90 Å². The minimum absolute atomic E-state index is 0.0278. The molecule has 2 unspecified atom stereocenters. The van der Waals surface area contributed by atoms with Crippen molar-refractivity contribution in [2.24, 2.45) is 5.73 Å². The van der Waals surface area contributed by atoms with E-state index in [9.17, 15) is 0 Å². The number of likely N-dealkylation sites (tertiary alicyclic amines) is 1. The molecule has 0 bridgehead atoms. The molecule has 0 aromatic carbocycles. The van der Waals surface area contributed by atoms with E-state index in [0.717, 1.165) is 13.0 Å². The molecular formula is C5H12N2O. The zero-order valence-electron chi connectivity index (χ0n) is 5.04. The number of likely N-dealkylation sites (N-methyl/N-ethyl adjacent to an activating group) is 1. The van der Waals surface area contributed by atoms with Crippen LogP contribution in [-0.2, 0) is 0 Å². The predicted octanol–water partition coefficient (Wildman–Crippen LogP) is -1.03. The third-order valence-electron chi connectivity index (χ3n) is 1.65. The van der Waals surface area contributed by atoms with Crippen molar-refractivity contribution < 1.29 is 5.11 Å². The predicted molar refractivity (Wildman–Crippen MR) is 31.2 cm³/mol. The van der Waals surface area contributed by atoms with Gasteiger partial charge in [-0.1, -0.05) is 0 Å². The summed E-state index contributed by atoms with van der Waals surface area (Å²) in [5, 5.41) is 9.07. The zero-order valence-corrected chi connectivity index (χ0v) is 5.04. The Morgan fingerprint density at radius 3 is 2.50 bits per heavy atom. The first-order valence-electron chi connectivity index (χ1n) is 2.85. The summed E-state index contributed by atoms with van der Waals surface area (Å²) in [4.78, 5) is 1.85. The van der Waals surface area contributed by atoms with Crippen LogP contribution < -0.4 is 5.73 Å². The van der Waals surface area contributed by atoms with E-state index in [0.29, 0.717) is 0 Å². The van der Waals surface area contributed by atoms with Crippen LogP contribution in [0.15, 0.2) is 0 Å². The summed E-state index contributed by atoms with van der Waals surface area (Å²) in [5.74, 6) is 0. The summed E-state index contributed by atoms with van der Waals surface area (Å²) in [6.07, 6.45) is 0.507. The molecule has 0 aromatic heterocycles. The van der Waals surface area contributed by atoms with E-state index in [-0.39, 0.29) is 6.04 Å². The van der Waals surface area contributed by atoms with Crippen LogP contribution in [0.25, 0.3) is 0 Å². The Bertz CT molecular complexity index is 76.5. The van der Waals surface area contributed by atoms with Gasteiger partial charge in [0, 0.05) is 12.6 Å². The van der Waals surface area contributed by atoms with Crippen LogP contribution >= 0.6 is 0 Å². The fourth-order valence-electron chi connectivity index (χ4n) is 0.961. The number of nitrogens with two attached hydrogens (primary N) is 1. The van der Waals surface area contributed by atoms with Crippen molar-refractivity contribution in [3.05, 3.63) is 0 Å². The van der Waals surface area contributed by atoms with E-state index in [1.54, 1.807) is 0 Å². The van der Waals surface area contributed by atoms with Crippen molar-refractivity contribution in [2.45, 2.75) is 18.7 Å². The van der Waals surface area contributed by atoms with Gasteiger partial charge < -0.3 is 10.8 Å². The fraction of sp³-hybridized carbons (Fsp3) is 1.00. The van der Waals surface area contributed by atoms with Gasteiger partial charge in [-0.15, -0.1) is 0 Å². The van der Waals surface area contributed by atoms with Crippen LogP contribution in [0.2, 0.25) is 0 Å². The maximum Gasteiger partial charge on any atom is 0.122 e. The Balaban J connectivity index is 2.44. The molecule has 0 radical (unpaired) electrons. The van der Waals surface area contributed by atoms with Crippen LogP contribution in [0, 0.1) is 0 Å². The van der Waals surface area contributed by atoms with Gasteiger partial charge in [-0.05, 0) is 13.5 Å². The quantitative estimate of drug-likeness (QED) is 0.425. The maximum absolute atomic E-state index is 9.07. The van der Waals surface area contributed by atoms with E-state index in [4.69, 9.17) is 10.8 Å². The van der Waals surface area contributed by atoms with Gasteiger partial charge in [-0.2, -0.15) is 0 Å². The van der Waals surface area contributed by atoms with Gasteiger partial charge in [0.1, 0.15) is 6.23 Å². The van der Waals surface area contributed by atoms with Crippen LogP contribution in [0.3, 0.4) is 0 Å². The highest BCUT2D eigenvalue weighted by atomic mass is 16.3. The van der Waals surface area contributed by atoms with E-state index < -0.39 is 6.23 Å². The first kappa shape index (κ1) is 6.01. The lowest BCUT2D eigenvalue weighted by atomic mass is 10.3. The van der Waals surface area contributed by atoms with Crippen molar-refractivity contribution in [1.82, 2.24) is 4.90 Å². The SMILES string of the molecule is CN1CCC(N)C1O.